The number of piperazine rings is 1. The monoisotopic (exact) mass is 505 g/mol. The second-order valence-electron chi connectivity index (χ2n) is 9.18. The first kappa shape index (κ1) is 23.8. The van der Waals surface area contributed by atoms with E-state index in [1.807, 2.05) is 25.1 Å². The summed E-state index contributed by atoms with van der Waals surface area (Å²) in [4.78, 5) is 15.6. The van der Waals surface area contributed by atoms with E-state index in [2.05, 4.69) is 16.8 Å². The molecular formula is C26H27N5O4S. The highest BCUT2D eigenvalue weighted by Crippen LogP contribution is 2.37. The zero-order valence-electron chi connectivity index (χ0n) is 20.1. The molecule has 0 atom stereocenters. The van der Waals surface area contributed by atoms with Gasteiger partial charge < -0.3 is 15.5 Å². The van der Waals surface area contributed by atoms with Gasteiger partial charge in [-0.2, -0.15) is 0 Å². The third-order valence-corrected chi connectivity index (χ3v) is 8.44. The molecule has 0 amide bonds. The Morgan fingerprint density at radius 1 is 0.917 bits per heavy atom. The fourth-order valence-electron chi connectivity index (χ4n) is 4.56. The molecule has 3 aromatic carbocycles. The number of fused-ring (bicyclic) bond motifs is 1. The van der Waals surface area contributed by atoms with Gasteiger partial charge in [0.25, 0.3) is 15.7 Å². The van der Waals surface area contributed by atoms with Crippen LogP contribution in [0.25, 0.3) is 22.2 Å². The van der Waals surface area contributed by atoms with Crippen LogP contribution in [-0.2, 0) is 10.0 Å². The molecule has 1 saturated heterocycles. The molecule has 1 aliphatic heterocycles. The molecule has 0 aliphatic carbocycles. The van der Waals surface area contributed by atoms with Gasteiger partial charge in [0.05, 0.1) is 21.0 Å². The van der Waals surface area contributed by atoms with Gasteiger partial charge in [-0.25, -0.2) is 12.4 Å². The van der Waals surface area contributed by atoms with E-state index in [1.165, 1.54) is 16.1 Å². The molecule has 186 valence electrons. The van der Waals surface area contributed by atoms with E-state index >= 15 is 0 Å². The highest BCUT2D eigenvalue weighted by atomic mass is 32.2. The van der Waals surface area contributed by atoms with Crippen molar-refractivity contribution in [2.24, 2.45) is 0 Å². The molecule has 1 fully saturated rings. The van der Waals surface area contributed by atoms with Crippen molar-refractivity contribution < 1.29 is 13.3 Å². The summed E-state index contributed by atoms with van der Waals surface area (Å²) in [5.41, 5.74) is 8.68. The second kappa shape index (κ2) is 8.96. The van der Waals surface area contributed by atoms with Crippen LogP contribution in [-0.4, -0.2) is 55.4 Å². The topological polar surface area (TPSA) is 115 Å². The summed E-state index contributed by atoms with van der Waals surface area (Å²) >= 11 is 0. The van der Waals surface area contributed by atoms with Crippen molar-refractivity contribution >= 4 is 38.0 Å². The minimum absolute atomic E-state index is 0.0187. The van der Waals surface area contributed by atoms with Crippen LogP contribution in [0.15, 0.2) is 71.6 Å². The Labute approximate surface area is 209 Å². The van der Waals surface area contributed by atoms with Crippen LogP contribution in [0.2, 0.25) is 0 Å². The first-order valence-electron chi connectivity index (χ1n) is 11.6. The van der Waals surface area contributed by atoms with Crippen molar-refractivity contribution in [2.45, 2.75) is 11.8 Å². The Morgan fingerprint density at radius 3 is 2.28 bits per heavy atom. The summed E-state index contributed by atoms with van der Waals surface area (Å²) in [5, 5.41) is 12.3. The number of anilines is 2. The zero-order chi connectivity index (χ0) is 25.6. The van der Waals surface area contributed by atoms with Crippen LogP contribution < -0.4 is 10.6 Å². The summed E-state index contributed by atoms with van der Waals surface area (Å²) in [7, 11) is -1.95. The largest absolute Gasteiger partial charge is 0.393 e. The molecule has 0 radical (unpaired) electrons. The lowest BCUT2D eigenvalue weighted by atomic mass is 10.1. The van der Waals surface area contributed by atoms with Crippen molar-refractivity contribution in [1.82, 2.24) is 8.87 Å². The number of hydrogen-bond acceptors (Lipinski definition) is 7. The number of nitro groups is 1. The molecule has 5 rings (SSSR count). The SMILES string of the molecule is Cc1ccc(S(=O)(=O)n2c(-c3ccc(N)c([N+](=O)[O-])c3)cc3ccc(N4CCN(C)CC4)cc32)cc1. The van der Waals surface area contributed by atoms with Crippen molar-refractivity contribution in [3.05, 3.63) is 82.4 Å². The fraction of sp³-hybridized carbons (Fsp3) is 0.231. The summed E-state index contributed by atoms with van der Waals surface area (Å²) in [6, 6.07) is 18.6. The summed E-state index contributed by atoms with van der Waals surface area (Å²) in [5.74, 6) is 0. The van der Waals surface area contributed by atoms with Gasteiger partial charge in [0.1, 0.15) is 5.69 Å². The first-order chi connectivity index (χ1) is 17.1. The van der Waals surface area contributed by atoms with Gasteiger partial charge in [0, 0.05) is 48.9 Å². The fourth-order valence-corrected chi connectivity index (χ4v) is 6.09. The molecule has 36 heavy (non-hydrogen) atoms. The molecule has 0 bridgehead atoms. The average molecular weight is 506 g/mol. The van der Waals surface area contributed by atoms with E-state index in [4.69, 9.17) is 5.73 Å². The van der Waals surface area contributed by atoms with Crippen LogP contribution in [0.1, 0.15) is 5.56 Å². The van der Waals surface area contributed by atoms with Gasteiger partial charge in [-0.3, -0.25) is 10.1 Å². The number of nitrogens with zero attached hydrogens (tertiary/aromatic N) is 4. The van der Waals surface area contributed by atoms with Gasteiger partial charge in [0.2, 0.25) is 0 Å². The number of likely N-dealkylation sites (N-methyl/N-ethyl adjacent to an activating group) is 1. The van der Waals surface area contributed by atoms with E-state index in [1.54, 1.807) is 36.4 Å². The number of nitro benzene ring substituents is 1. The Hall–Kier alpha value is -3.89. The highest BCUT2D eigenvalue weighted by molar-refractivity contribution is 7.90. The molecule has 10 heteroatoms. The number of nitrogens with two attached hydrogens (primary N) is 1. The molecule has 2 N–H and O–H groups in total. The smallest absolute Gasteiger partial charge is 0.292 e. The summed E-state index contributed by atoms with van der Waals surface area (Å²) < 4.78 is 29.3. The predicted molar refractivity (Wildman–Crippen MR) is 142 cm³/mol. The molecule has 2 heterocycles. The molecule has 0 unspecified atom stereocenters. The van der Waals surface area contributed by atoms with Crippen molar-refractivity contribution in [1.29, 1.82) is 0 Å². The first-order valence-corrected chi connectivity index (χ1v) is 13.0. The maximum atomic E-state index is 14.0. The molecule has 1 aromatic heterocycles. The van der Waals surface area contributed by atoms with Gasteiger partial charge >= 0.3 is 0 Å². The van der Waals surface area contributed by atoms with E-state index in [0.717, 1.165) is 42.8 Å². The standard InChI is InChI=1S/C26H27N5O4S/c1-18-3-8-22(9-4-18)36(34,35)30-24(20-6-10-23(27)26(16-20)31(32)33)15-19-5-7-21(17-25(19)30)29-13-11-28(2)12-14-29/h3-10,15-17H,11-14,27H2,1-2H3. The Bertz CT molecular complexity index is 1570. The Balaban J connectivity index is 1.75. The van der Waals surface area contributed by atoms with Crippen LogP contribution in [0.3, 0.4) is 0 Å². The lowest BCUT2D eigenvalue weighted by Gasteiger charge is -2.34. The second-order valence-corrected chi connectivity index (χ2v) is 11.0. The number of rotatable bonds is 5. The van der Waals surface area contributed by atoms with Gasteiger partial charge in [-0.05, 0) is 50.4 Å². The van der Waals surface area contributed by atoms with E-state index in [-0.39, 0.29) is 16.3 Å². The Morgan fingerprint density at radius 2 is 1.61 bits per heavy atom. The van der Waals surface area contributed by atoms with Gasteiger partial charge in [-0.1, -0.05) is 29.8 Å². The number of nitrogen functional groups attached to an aromatic ring is 1. The highest BCUT2D eigenvalue weighted by Gasteiger charge is 2.26. The third kappa shape index (κ3) is 4.18. The van der Waals surface area contributed by atoms with E-state index in [0.29, 0.717) is 16.8 Å². The normalized spacial score (nSPS) is 14.9. The number of hydrogen-bond donors (Lipinski definition) is 1. The average Bonchev–Trinajstić information content (AvgIpc) is 3.24. The van der Waals surface area contributed by atoms with Gasteiger partial charge in [0.15, 0.2) is 0 Å². The molecule has 1 aliphatic rings. The van der Waals surface area contributed by atoms with Crippen LogP contribution in [0.5, 0.6) is 0 Å². The van der Waals surface area contributed by atoms with Gasteiger partial charge in [-0.15, -0.1) is 0 Å². The number of aromatic nitrogens is 1. The van der Waals surface area contributed by atoms with Crippen molar-refractivity contribution in [3.63, 3.8) is 0 Å². The maximum Gasteiger partial charge on any atom is 0.292 e. The lowest BCUT2D eigenvalue weighted by Crippen LogP contribution is -2.44. The van der Waals surface area contributed by atoms with Crippen LogP contribution in [0.4, 0.5) is 17.1 Å². The summed E-state index contributed by atoms with van der Waals surface area (Å²) in [6.45, 7) is 5.40. The maximum absolute atomic E-state index is 14.0. The lowest BCUT2D eigenvalue weighted by molar-refractivity contribution is -0.383. The predicted octanol–water partition coefficient (Wildman–Crippen LogP) is 4.10. The number of benzene rings is 3. The van der Waals surface area contributed by atoms with Crippen LogP contribution in [0, 0.1) is 17.0 Å². The van der Waals surface area contributed by atoms with Crippen molar-refractivity contribution in [3.8, 4) is 11.3 Å². The van der Waals surface area contributed by atoms with Crippen LogP contribution >= 0.6 is 0 Å². The summed E-state index contributed by atoms with van der Waals surface area (Å²) in [6.07, 6.45) is 0. The number of aryl methyl sites for hydroxylation is 1. The zero-order valence-corrected chi connectivity index (χ0v) is 20.9. The minimum atomic E-state index is -4.03. The molecule has 0 spiro atoms. The molecule has 4 aromatic rings. The van der Waals surface area contributed by atoms with E-state index in [9.17, 15) is 18.5 Å². The minimum Gasteiger partial charge on any atom is -0.393 e. The third-order valence-electron chi connectivity index (χ3n) is 6.69. The quantitative estimate of drug-likeness (QED) is 0.247. The molecule has 0 saturated carbocycles. The molecule has 9 nitrogen and oxygen atoms in total. The van der Waals surface area contributed by atoms with E-state index < -0.39 is 14.9 Å². The van der Waals surface area contributed by atoms with Crippen molar-refractivity contribution in [2.75, 3.05) is 43.9 Å². The Kier molecular flexibility index (Phi) is 5.93. The molecular weight excluding hydrogens is 478 g/mol.